The fourth-order valence-corrected chi connectivity index (χ4v) is 4.71. The molecule has 0 radical (unpaired) electrons. The molecule has 1 aliphatic heterocycles. The van der Waals surface area contributed by atoms with Gasteiger partial charge in [-0.15, -0.1) is 0 Å². The molecule has 0 saturated heterocycles. The molecular formula is C33H35FN4O7. The van der Waals surface area contributed by atoms with Crippen LogP contribution in [0.15, 0.2) is 72.8 Å². The number of halogens is 1. The second-order valence-electron chi connectivity index (χ2n) is 11.3. The van der Waals surface area contributed by atoms with Gasteiger partial charge in [-0.25, -0.2) is 9.18 Å². The molecule has 0 saturated carbocycles. The van der Waals surface area contributed by atoms with E-state index in [9.17, 15) is 28.4 Å². The summed E-state index contributed by atoms with van der Waals surface area (Å²) >= 11 is 0. The van der Waals surface area contributed by atoms with E-state index in [1.54, 1.807) is 75.4 Å². The van der Waals surface area contributed by atoms with Crippen molar-refractivity contribution in [2.45, 2.75) is 45.9 Å². The van der Waals surface area contributed by atoms with Gasteiger partial charge in [0.2, 0.25) is 17.7 Å². The summed E-state index contributed by atoms with van der Waals surface area (Å²) in [5, 5.41) is 5.25. The summed E-state index contributed by atoms with van der Waals surface area (Å²) in [5.74, 6) is -4.85. The van der Waals surface area contributed by atoms with E-state index in [0.29, 0.717) is 16.9 Å². The lowest BCUT2D eigenvalue weighted by Gasteiger charge is -2.25. The molecule has 0 fully saturated rings. The highest BCUT2D eigenvalue weighted by Crippen LogP contribution is 2.40. The number of nitrogens with zero attached hydrogens (tertiary/aromatic N) is 2. The Morgan fingerprint density at radius 2 is 1.49 bits per heavy atom. The van der Waals surface area contributed by atoms with Gasteiger partial charge in [-0.05, 0) is 56.7 Å². The normalized spacial score (nSPS) is 14.7. The average molecular weight is 619 g/mol. The standard InChI is InChI=1S/C33H35FN4O7/c1-33(2,3)45-32(43)36-18-21-13-15-23(16-14-21)38-27-12-8-7-11-26(27)37(20-29(40)44-4)30(41)24(31(38)42)17-28(39)35-19-22-9-5-6-10-25(22)34/h5-16,24H,17-20H2,1-4H3,(H,35,39)(H,36,43). The van der Waals surface area contributed by atoms with Crippen LogP contribution in [0.25, 0.3) is 0 Å². The second kappa shape index (κ2) is 14.0. The van der Waals surface area contributed by atoms with Gasteiger partial charge < -0.3 is 20.1 Å². The molecule has 4 amide bonds. The molecule has 1 atom stereocenters. The van der Waals surface area contributed by atoms with Gasteiger partial charge in [0.05, 0.1) is 18.5 Å². The Hall–Kier alpha value is -5.26. The Bertz CT molecular complexity index is 1590. The molecule has 4 rings (SSSR count). The predicted octanol–water partition coefficient (Wildman–Crippen LogP) is 4.36. The van der Waals surface area contributed by atoms with Gasteiger partial charge in [-0.3, -0.25) is 29.0 Å². The molecule has 1 heterocycles. The summed E-state index contributed by atoms with van der Waals surface area (Å²) in [7, 11) is 1.18. The lowest BCUT2D eigenvalue weighted by molar-refractivity contribution is -0.141. The number of para-hydroxylation sites is 2. The SMILES string of the molecule is COC(=O)CN1C(=O)C(CC(=O)NCc2ccccc2F)C(=O)N(c2ccc(CNC(=O)OC(C)(C)C)cc2)c2ccccc21. The smallest absolute Gasteiger partial charge is 0.407 e. The average Bonchev–Trinajstić information content (AvgIpc) is 3.08. The van der Waals surface area contributed by atoms with Crippen molar-refractivity contribution in [3.8, 4) is 0 Å². The quantitative estimate of drug-likeness (QED) is 0.269. The number of anilines is 3. The van der Waals surface area contributed by atoms with Crippen LogP contribution in [0.3, 0.4) is 0 Å². The van der Waals surface area contributed by atoms with E-state index in [1.807, 2.05) is 0 Å². The van der Waals surface area contributed by atoms with Crippen LogP contribution < -0.4 is 20.4 Å². The number of methoxy groups -OCH3 is 1. The van der Waals surface area contributed by atoms with Gasteiger partial charge in [0.25, 0.3) is 0 Å². The number of alkyl carbamates (subject to hydrolysis) is 1. The monoisotopic (exact) mass is 618 g/mol. The molecule has 11 nitrogen and oxygen atoms in total. The first kappa shape index (κ1) is 32.6. The first-order valence-electron chi connectivity index (χ1n) is 14.2. The number of benzene rings is 3. The van der Waals surface area contributed by atoms with Gasteiger partial charge in [-0.1, -0.05) is 42.5 Å². The molecule has 0 bridgehead atoms. The summed E-state index contributed by atoms with van der Waals surface area (Å²) < 4.78 is 24.2. The Morgan fingerprint density at radius 3 is 2.13 bits per heavy atom. The molecule has 2 N–H and O–H groups in total. The van der Waals surface area contributed by atoms with Crippen LogP contribution in [0.4, 0.5) is 26.2 Å². The molecule has 0 aromatic heterocycles. The number of fused-ring (bicyclic) bond motifs is 1. The van der Waals surface area contributed by atoms with Gasteiger partial charge in [-0.2, -0.15) is 0 Å². The number of rotatable bonds is 9. The molecule has 0 spiro atoms. The van der Waals surface area contributed by atoms with Crippen molar-refractivity contribution in [3.05, 3.63) is 89.7 Å². The van der Waals surface area contributed by atoms with Crippen molar-refractivity contribution in [1.82, 2.24) is 10.6 Å². The number of amides is 4. The van der Waals surface area contributed by atoms with E-state index < -0.39 is 60.1 Å². The lowest BCUT2D eigenvalue weighted by atomic mass is 10.0. The summed E-state index contributed by atoms with van der Waals surface area (Å²) in [4.78, 5) is 68.0. The third-order valence-electron chi connectivity index (χ3n) is 6.86. The molecule has 3 aromatic rings. The number of carbonyl (C=O) groups is 5. The van der Waals surface area contributed by atoms with E-state index in [0.717, 1.165) is 4.90 Å². The van der Waals surface area contributed by atoms with Crippen LogP contribution in [0, 0.1) is 11.7 Å². The summed E-state index contributed by atoms with van der Waals surface area (Å²) in [5.41, 5.74) is 1.27. The molecule has 12 heteroatoms. The molecule has 1 aliphatic rings. The van der Waals surface area contributed by atoms with Crippen LogP contribution >= 0.6 is 0 Å². The summed E-state index contributed by atoms with van der Waals surface area (Å²) in [6, 6.07) is 19.2. The topological polar surface area (TPSA) is 134 Å². The van der Waals surface area contributed by atoms with E-state index in [-0.39, 0.29) is 24.3 Å². The third kappa shape index (κ3) is 8.22. The van der Waals surface area contributed by atoms with Crippen molar-refractivity contribution in [1.29, 1.82) is 0 Å². The number of nitrogens with one attached hydrogen (secondary N) is 2. The first-order valence-corrected chi connectivity index (χ1v) is 14.2. The second-order valence-corrected chi connectivity index (χ2v) is 11.3. The largest absolute Gasteiger partial charge is 0.468 e. The van der Waals surface area contributed by atoms with Gasteiger partial charge >= 0.3 is 12.1 Å². The Kier molecular flexibility index (Phi) is 10.2. The summed E-state index contributed by atoms with van der Waals surface area (Å²) in [6.45, 7) is 4.80. The maximum absolute atomic E-state index is 14.2. The van der Waals surface area contributed by atoms with Crippen LogP contribution in [0.1, 0.15) is 38.3 Å². The van der Waals surface area contributed by atoms with Gasteiger partial charge in [0.15, 0.2) is 0 Å². The van der Waals surface area contributed by atoms with E-state index >= 15 is 0 Å². The number of esters is 1. The maximum atomic E-state index is 14.2. The molecule has 0 aliphatic carbocycles. The Balaban J connectivity index is 1.64. The van der Waals surface area contributed by atoms with Crippen LogP contribution in [0.2, 0.25) is 0 Å². The zero-order valence-electron chi connectivity index (χ0n) is 25.5. The Morgan fingerprint density at radius 1 is 0.844 bits per heavy atom. The predicted molar refractivity (Wildman–Crippen MR) is 164 cm³/mol. The van der Waals surface area contributed by atoms with Crippen molar-refractivity contribution in [2.75, 3.05) is 23.5 Å². The zero-order valence-corrected chi connectivity index (χ0v) is 25.5. The highest BCUT2D eigenvalue weighted by molar-refractivity contribution is 6.21. The Labute approximate surface area is 260 Å². The van der Waals surface area contributed by atoms with E-state index in [4.69, 9.17) is 9.47 Å². The zero-order chi connectivity index (χ0) is 32.7. The van der Waals surface area contributed by atoms with E-state index in [1.165, 1.54) is 30.2 Å². The number of ether oxygens (including phenoxy) is 2. The van der Waals surface area contributed by atoms with Crippen molar-refractivity contribution in [2.24, 2.45) is 5.92 Å². The van der Waals surface area contributed by atoms with Crippen LogP contribution in [-0.2, 0) is 41.7 Å². The lowest BCUT2D eigenvalue weighted by Crippen LogP contribution is -2.45. The highest BCUT2D eigenvalue weighted by Gasteiger charge is 2.42. The molecule has 45 heavy (non-hydrogen) atoms. The minimum atomic E-state index is -1.52. The first-order chi connectivity index (χ1) is 21.4. The molecule has 236 valence electrons. The fourth-order valence-electron chi connectivity index (χ4n) is 4.71. The summed E-state index contributed by atoms with van der Waals surface area (Å²) in [6.07, 6.45) is -1.13. The van der Waals surface area contributed by atoms with Gasteiger partial charge in [0, 0.05) is 30.8 Å². The van der Waals surface area contributed by atoms with Crippen LogP contribution in [-0.4, -0.2) is 49.0 Å². The number of hydrogen-bond acceptors (Lipinski definition) is 7. The van der Waals surface area contributed by atoms with E-state index in [2.05, 4.69) is 10.6 Å². The minimum absolute atomic E-state index is 0.144. The van der Waals surface area contributed by atoms with Crippen LogP contribution in [0.5, 0.6) is 0 Å². The fraction of sp³-hybridized carbons (Fsp3) is 0.303. The number of hydrogen-bond donors (Lipinski definition) is 2. The molecule has 1 unspecified atom stereocenters. The van der Waals surface area contributed by atoms with Gasteiger partial charge in [0.1, 0.15) is 23.9 Å². The molecular weight excluding hydrogens is 583 g/mol. The third-order valence-corrected chi connectivity index (χ3v) is 6.86. The molecule has 3 aromatic carbocycles. The van der Waals surface area contributed by atoms with Crippen molar-refractivity contribution in [3.63, 3.8) is 0 Å². The van der Waals surface area contributed by atoms with Crippen molar-refractivity contribution >= 4 is 46.8 Å². The number of carbonyl (C=O) groups excluding carboxylic acids is 5. The highest BCUT2D eigenvalue weighted by atomic mass is 19.1. The minimum Gasteiger partial charge on any atom is -0.468 e. The van der Waals surface area contributed by atoms with Crippen molar-refractivity contribution < 1.29 is 37.8 Å². The maximum Gasteiger partial charge on any atom is 0.407 e.